The van der Waals surface area contributed by atoms with Gasteiger partial charge in [-0.25, -0.2) is 4.98 Å². The van der Waals surface area contributed by atoms with Crippen molar-refractivity contribution in [2.24, 2.45) is 7.05 Å². The molecule has 0 aliphatic carbocycles. The number of hydrogen-bond acceptors (Lipinski definition) is 6. The molecule has 1 saturated heterocycles. The van der Waals surface area contributed by atoms with Gasteiger partial charge in [-0.05, 0) is 27.2 Å². The lowest BCUT2D eigenvalue weighted by Crippen LogP contribution is -2.47. The molecule has 0 radical (unpaired) electrons. The smallest absolute Gasteiger partial charge is 0.255 e. The minimum atomic E-state index is -0.000920. The second-order valence-corrected chi connectivity index (χ2v) is 7.82. The van der Waals surface area contributed by atoms with Crippen LogP contribution in [0.1, 0.15) is 36.4 Å². The second kappa shape index (κ2) is 7.09. The van der Waals surface area contributed by atoms with E-state index in [0.717, 1.165) is 43.9 Å². The summed E-state index contributed by atoms with van der Waals surface area (Å²) < 4.78 is 7.70. The van der Waals surface area contributed by atoms with E-state index in [1.54, 1.807) is 0 Å². The number of nitrogens with one attached hydrogen (secondary N) is 1. The van der Waals surface area contributed by atoms with E-state index in [2.05, 4.69) is 40.7 Å². The minimum absolute atomic E-state index is 0.000920. The molecule has 0 saturated carbocycles. The molecule has 4 heterocycles. The van der Waals surface area contributed by atoms with Crippen LogP contribution >= 0.6 is 0 Å². The molecular weight excluding hydrogens is 344 g/mol. The van der Waals surface area contributed by atoms with Crippen molar-refractivity contribution in [2.45, 2.75) is 52.5 Å². The molecular formula is C19H28N6O2. The number of ether oxygens (including phenoxy) is 1. The Morgan fingerprint density at radius 2 is 2.04 bits per heavy atom. The van der Waals surface area contributed by atoms with Crippen LogP contribution in [-0.2, 0) is 31.3 Å². The van der Waals surface area contributed by atoms with Gasteiger partial charge in [-0.1, -0.05) is 0 Å². The van der Waals surface area contributed by atoms with Crippen molar-refractivity contribution in [3.05, 3.63) is 39.1 Å². The highest BCUT2D eigenvalue weighted by Gasteiger charge is 2.27. The van der Waals surface area contributed by atoms with Crippen LogP contribution < -0.4 is 10.5 Å². The summed E-state index contributed by atoms with van der Waals surface area (Å²) in [7, 11) is 1.96. The molecule has 0 aromatic carbocycles. The maximum atomic E-state index is 12.6. The zero-order valence-corrected chi connectivity index (χ0v) is 16.5. The first-order valence-electron chi connectivity index (χ1n) is 9.63. The highest BCUT2D eigenvalue weighted by molar-refractivity contribution is 5.35. The Morgan fingerprint density at radius 1 is 1.30 bits per heavy atom. The van der Waals surface area contributed by atoms with E-state index in [1.165, 1.54) is 11.3 Å². The topological polar surface area (TPSA) is 79.3 Å². The molecule has 1 N–H and O–H groups in total. The number of rotatable bonds is 3. The van der Waals surface area contributed by atoms with Crippen molar-refractivity contribution in [3.63, 3.8) is 0 Å². The van der Waals surface area contributed by atoms with Gasteiger partial charge < -0.3 is 9.64 Å². The summed E-state index contributed by atoms with van der Waals surface area (Å²) in [4.78, 5) is 24.9. The standard InChI is InChI=1S/C19H28N6O2/c1-12-8-25(9-13(2)27-12)19-21-17-11-24(6-5-16(17)18(26)22-19)10-15-7-20-23(4)14(15)3/h7,12-13H,5-6,8-11H2,1-4H3,(H,21,22,26)/t12-,13-/m0/s1. The number of nitrogens with zero attached hydrogens (tertiary/aromatic N) is 5. The molecule has 8 nitrogen and oxygen atoms in total. The molecule has 2 aliphatic rings. The Labute approximate surface area is 159 Å². The number of aryl methyl sites for hydroxylation is 1. The Bertz CT molecular complexity index is 879. The lowest BCUT2D eigenvalue weighted by molar-refractivity contribution is -0.00576. The number of anilines is 1. The van der Waals surface area contributed by atoms with Crippen LogP contribution in [0.15, 0.2) is 11.0 Å². The van der Waals surface area contributed by atoms with Gasteiger partial charge in [0.15, 0.2) is 0 Å². The molecule has 0 unspecified atom stereocenters. The average Bonchev–Trinajstić information content (AvgIpc) is 2.92. The Morgan fingerprint density at radius 3 is 2.70 bits per heavy atom. The summed E-state index contributed by atoms with van der Waals surface area (Å²) in [5.41, 5.74) is 4.12. The first kappa shape index (κ1) is 18.2. The predicted molar refractivity (Wildman–Crippen MR) is 103 cm³/mol. The van der Waals surface area contributed by atoms with E-state index in [-0.39, 0.29) is 17.8 Å². The Balaban J connectivity index is 1.56. The molecule has 2 aromatic heterocycles. The molecule has 0 spiro atoms. The lowest BCUT2D eigenvalue weighted by Gasteiger charge is -2.36. The second-order valence-electron chi connectivity index (χ2n) is 7.82. The third-order valence-corrected chi connectivity index (χ3v) is 5.59. The van der Waals surface area contributed by atoms with Crippen LogP contribution in [-0.4, -0.2) is 56.5 Å². The van der Waals surface area contributed by atoms with Crippen LogP contribution in [0.3, 0.4) is 0 Å². The SMILES string of the molecule is Cc1c(CN2CCc3c(nc(N4C[C@H](C)O[C@@H](C)C4)[nH]c3=O)C2)cnn1C. The predicted octanol–water partition coefficient (Wildman–Crippen LogP) is 0.984. The number of fused-ring (bicyclic) bond motifs is 1. The lowest BCUT2D eigenvalue weighted by atomic mass is 10.1. The third-order valence-electron chi connectivity index (χ3n) is 5.59. The first-order chi connectivity index (χ1) is 12.9. The van der Waals surface area contributed by atoms with E-state index in [9.17, 15) is 4.79 Å². The molecule has 4 rings (SSSR count). The van der Waals surface area contributed by atoms with E-state index in [0.29, 0.717) is 12.5 Å². The normalized spacial score (nSPS) is 23.5. The molecule has 27 heavy (non-hydrogen) atoms. The number of aromatic amines is 1. The van der Waals surface area contributed by atoms with E-state index in [4.69, 9.17) is 9.72 Å². The molecule has 2 atom stereocenters. The summed E-state index contributed by atoms with van der Waals surface area (Å²) in [5.74, 6) is 0.667. The van der Waals surface area contributed by atoms with Gasteiger partial charge in [-0.15, -0.1) is 0 Å². The van der Waals surface area contributed by atoms with Crippen molar-refractivity contribution < 1.29 is 4.74 Å². The molecule has 0 amide bonds. The van der Waals surface area contributed by atoms with E-state index < -0.39 is 0 Å². The third kappa shape index (κ3) is 3.64. The van der Waals surface area contributed by atoms with Crippen LogP contribution in [0.4, 0.5) is 5.95 Å². The largest absolute Gasteiger partial charge is 0.372 e. The number of morpholine rings is 1. The fourth-order valence-electron chi connectivity index (χ4n) is 4.06. The van der Waals surface area contributed by atoms with Crippen molar-refractivity contribution in [1.29, 1.82) is 0 Å². The van der Waals surface area contributed by atoms with Crippen molar-refractivity contribution >= 4 is 5.95 Å². The van der Waals surface area contributed by atoms with Crippen LogP contribution in [0.25, 0.3) is 0 Å². The number of aromatic nitrogens is 4. The van der Waals surface area contributed by atoms with Gasteiger partial charge in [0.1, 0.15) is 0 Å². The average molecular weight is 372 g/mol. The highest BCUT2D eigenvalue weighted by Crippen LogP contribution is 2.21. The summed E-state index contributed by atoms with van der Waals surface area (Å²) in [6.45, 7) is 10.0. The zero-order valence-electron chi connectivity index (χ0n) is 16.5. The summed E-state index contributed by atoms with van der Waals surface area (Å²) in [6.07, 6.45) is 2.91. The van der Waals surface area contributed by atoms with Gasteiger partial charge in [-0.2, -0.15) is 5.10 Å². The van der Waals surface area contributed by atoms with Crippen molar-refractivity contribution in [2.75, 3.05) is 24.5 Å². The quantitative estimate of drug-likeness (QED) is 0.865. The fraction of sp³-hybridized carbons (Fsp3) is 0.632. The van der Waals surface area contributed by atoms with Crippen LogP contribution in [0.2, 0.25) is 0 Å². The van der Waals surface area contributed by atoms with Crippen LogP contribution in [0, 0.1) is 6.92 Å². The molecule has 8 heteroatoms. The van der Waals surface area contributed by atoms with Gasteiger partial charge in [0.05, 0.1) is 24.1 Å². The maximum absolute atomic E-state index is 12.6. The van der Waals surface area contributed by atoms with E-state index in [1.807, 2.05) is 17.9 Å². The van der Waals surface area contributed by atoms with Gasteiger partial charge in [-0.3, -0.25) is 19.4 Å². The monoisotopic (exact) mass is 372 g/mol. The highest BCUT2D eigenvalue weighted by atomic mass is 16.5. The molecule has 1 fully saturated rings. The van der Waals surface area contributed by atoms with Crippen LogP contribution in [0.5, 0.6) is 0 Å². The summed E-state index contributed by atoms with van der Waals surface area (Å²) in [5, 5.41) is 4.33. The summed E-state index contributed by atoms with van der Waals surface area (Å²) >= 11 is 0. The van der Waals surface area contributed by atoms with Gasteiger partial charge >= 0.3 is 0 Å². The number of H-pyrrole nitrogens is 1. The van der Waals surface area contributed by atoms with Gasteiger partial charge in [0.2, 0.25) is 5.95 Å². The molecule has 0 bridgehead atoms. The zero-order chi connectivity index (χ0) is 19.1. The van der Waals surface area contributed by atoms with Gasteiger partial charge in [0, 0.05) is 56.6 Å². The van der Waals surface area contributed by atoms with Crippen molar-refractivity contribution in [3.8, 4) is 0 Å². The van der Waals surface area contributed by atoms with E-state index >= 15 is 0 Å². The van der Waals surface area contributed by atoms with Gasteiger partial charge in [0.25, 0.3) is 5.56 Å². The first-order valence-corrected chi connectivity index (χ1v) is 9.63. The maximum Gasteiger partial charge on any atom is 0.255 e. The minimum Gasteiger partial charge on any atom is -0.372 e. The Kier molecular flexibility index (Phi) is 4.77. The molecule has 146 valence electrons. The fourth-order valence-corrected chi connectivity index (χ4v) is 4.06. The summed E-state index contributed by atoms with van der Waals surface area (Å²) in [6, 6.07) is 0. The van der Waals surface area contributed by atoms with Crippen molar-refractivity contribution in [1.82, 2.24) is 24.6 Å². The molecule has 2 aromatic rings. The molecule has 2 aliphatic heterocycles. The Hall–Kier alpha value is -2.19. The number of hydrogen-bond donors (Lipinski definition) is 1.